The Hall–Kier alpha value is -6.12. The molecule has 1 aliphatic rings. The Kier molecular flexibility index (Phi) is 6.98. The minimum absolute atomic E-state index is 1.05. The average Bonchev–Trinajstić information content (AvgIpc) is 3.50. The Morgan fingerprint density at radius 1 is 0.458 bits per heavy atom. The van der Waals surface area contributed by atoms with Gasteiger partial charge in [-0.3, -0.25) is 0 Å². The predicted molar refractivity (Wildman–Crippen MR) is 204 cm³/mol. The fourth-order valence-corrected chi connectivity index (χ4v) is 7.27. The summed E-state index contributed by atoms with van der Waals surface area (Å²) in [6, 6.07) is 61.5. The second-order valence-electron chi connectivity index (χ2n) is 12.5. The van der Waals surface area contributed by atoms with E-state index in [2.05, 4.69) is 191 Å². The zero-order chi connectivity index (χ0) is 31.9. The molecule has 2 heteroatoms. The number of fused-ring (bicyclic) bond motifs is 4. The maximum absolute atomic E-state index is 2.45. The Balaban J connectivity index is 1.12. The lowest BCUT2D eigenvalue weighted by Crippen LogP contribution is -2.10. The Bertz CT molecular complexity index is 2410. The quantitative estimate of drug-likeness (QED) is 0.181. The van der Waals surface area contributed by atoms with Crippen LogP contribution in [0.3, 0.4) is 0 Å². The van der Waals surface area contributed by atoms with Crippen LogP contribution in [0.4, 0.5) is 17.1 Å². The van der Waals surface area contributed by atoms with Crippen molar-refractivity contribution in [3.05, 3.63) is 187 Å². The van der Waals surface area contributed by atoms with Crippen molar-refractivity contribution in [2.24, 2.45) is 0 Å². The molecule has 0 atom stereocenters. The van der Waals surface area contributed by atoms with Gasteiger partial charge in [-0.25, -0.2) is 0 Å². The highest BCUT2D eigenvalue weighted by molar-refractivity contribution is 5.93. The van der Waals surface area contributed by atoms with E-state index in [0.29, 0.717) is 0 Å². The Labute approximate surface area is 281 Å². The number of allylic oxidation sites excluding steroid dienone is 1. The van der Waals surface area contributed by atoms with Crippen molar-refractivity contribution in [3.8, 4) is 27.9 Å². The lowest BCUT2D eigenvalue weighted by Gasteiger charge is -2.26. The van der Waals surface area contributed by atoms with Crippen molar-refractivity contribution in [2.45, 2.75) is 12.8 Å². The molecule has 2 nitrogen and oxygen atoms in total. The molecule has 1 aliphatic carbocycles. The van der Waals surface area contributed by atoms with Gasteiger partial charge in [0, 0.05) is 39.4 Å². The summed E-state index contributed by atoms with van der Waals surface area (Å²) in [4.78, 5) is 2.36. The Morgan fingerprint density at radius 3 is 1.75 bits per heavy atom. The monoisotopic (exact) mass is 614 g/mol. The fourth-order valence-electron chi connectivity index (χ4n) is 7.27. The van der Waals surface area contributed by atoms with Gasteiger partial charge in [0.25, 0.3) is 0 Å². The van der Waals surface area contributed by atoms with Crippen LogP contribution in [-0.2, 0) is 6.42 Å². The van der Waals surface area contributed by atoms with Gasteiger partial charge in [-0.05, 0) is 107 Å². The van der Waals surface area contributed by atoms with Gasteiger partial charge in [0.2, 0.25) is 0 Å². The van der Waals surface area contributed by atoms with Crippen molar-refractivity contribution in [1.29, 1.82) is 0 Å². The molecule has 0 saturated heterocycles. The van der Waals surface area contributed by atoms with Gasteiger partial charge in [-0.15, -0.1) is 0 Å². The lowest BCUT2D eigenvalue weighted by molar-refractivity contribution is 0.888. The van der Waals surface area contributed by atoms with E-state index < -0.39 is 0 Å². The molecule has 1 heterocycles. The molecule has 0 N–H and O–H groups in total. The van der Waals surface area contributed by atoms with Gasteiger partial charge in [0.05, 0.1) is 5.52 Å². The van der Waals surface area contributed by atoms with Crippen LogP contribution in [-0.4, -0.2) is 4.57 Å². The zero-order valence-corrected chi connectivity index (χ0v) is 26.6. The predicted octanol–water partition coefficient (Wildman–Crippen LogP) is 12.5. The largest absolute Gasteiger partial charge is 0.313 e. The molecule has 8 aromatic rings. The molecule has 48 heavy (non-hydrogen) atoms. The molecule has 0 bridgehead atoms. The highest BCUT2D eigenvalue weighted by atomic mass is 15.1. The molecule has 0 aliphatic heterocycles. The molecule has 0 amide bonds. The van der Waals surface area contributed by atoms with E-state index in [9.17, 15) is 0 Å². The molecule has 0 fully saturated rings. The summed E-state index contributed by atoms with van der Waals surface area (Å²) in [6.45, 7) is 0. The van der Waals surface area contributed by atoms with Gasteiger partial charge >= 0.3 is 0 Å². The lowest BCUT2D eigenvalue weighted by atomic mass is 10.0. The van der Waals surface area contributed by atoms with Crippen LogP contribution in [0, 0.1) is 0 Å². The second-order valence-corrected chi connectivity index (χ2v) is 12.5. The van der Waals surface area contributed by atoms with Crippen molar-refractivity contribution >= 4 is 44.8 Å². The minimum atomic E-state index is 1.05. The summed E-state index contributed by atoms with van der Waals surface area (Å²) in [6.07, 6.45) is 6.72. The SMILES string of the molecule is C1=Cc2c(n(-c3ccc(N(c4ccc(-c5ccccc5)cc4)c4ccc(-c5ccc6ccccc6c5)cc4)cc3)c3ccccc23)CC1. The summed E-state index contributed by atoms with van der Waals surface area (Å²) >= 11 is 0. The zero-order valence-electron chi connectivity index (χ0n) is 26.6. The fraction of sp³-hybridized carbons (Fsp3) is 0.0435. The van der Waals surface area contributed by atoms with Crippen LogP contribution in [0.5, 0.6) is 0 Å². The molecule has 228 valence electrons. The highest BCUT2D eigenvalue weighted by Gasteiger charge is 2.19. The van der Waals surface area contributed by atoms with Crippen LogP contribution in [0.25, 0.3) is 55.7 Å². The number of benzene rings is 7. The first-order valence-corrected chi connectivity index (χ1v) is 16.7. The Morgan fingerprint density at radius 2 is 1.02 bits per heavy atom. The third kappa shape index (κ3) is 4.99. The van der Waals surface area contributed by atoms with Crippen molar-refractivity contribution in [2.75, 3.05) is 4.90 Å². The van der Waals surface area contributed by atoms with Crippen LogP contribution >= 0.6 is 0 Å². The van der Waals surface area contributed by atoms with E-state index in [4.69, 9.17) is 0 Å². The molecule has 0 radical (unpaired) electrons. The summed E-state index contributed by atoms with van der Waals surface area (Å²) < 4.78 is 2.45. The van der Waals surface area contributed by atoms with E-state index in [1.54, 1.807) is 0 Å². The summed E-state index contributed by atoms with van der Waals surface area (Å²) in [7, 11) is 0. The van der Waals surface area contributed by atoms with Gasteiger partial charge in [0.1, 0.15) is 0 Å². The standard InChI is InChI=1S/C46H34N2/c1-2-10-33(11-3-1)35-20-24-39(25-21-35)47(40-26-22-36(23-27-40)38-19-18-34-12-4-5-13-37(34)32-38)41-28-30-42(31-29-41)48-45-16-8-6-14-43(45)44-15-7-9-17-46(44)48/h1-8,10-16,18-32H,9,17H2. The van der Waals surface area contributed by atoms with Gasteiger partial charge in [-0.1, -0.05) is 121 Å². The summed E-state index contributed by atoms with van der Waals surface area (Å²) in [5, 5.41) is 3.84. The van der Waals surface area contributed by atoms with Gasteiger partial charge in [-0.2, -0.15) is 0 Å². The van der Waals surface area contributed by atoms with Crippen molar-refractivity contribution < 1.29 is 0 Å². The molecule has 0 unspecified atom stereocenters. The number of para-hydroxylation sites is 1. The third-order valence-corrected chi connectivity index (χ3v) is 9.66. The first kappa shape index (κ1) is 28.1. The van der Waals surface area contributed by atoms with Crippen LogP contribution in [0.1, 0.15) is 17.7 Å². The number of anilines is 3. The molecule has 9 rings (SSSR count). The van der Waals surface area contributed by atoms with Crippen LogP contribution in [0.15, 0.2) is 176 Å². The third-order valence-electron chi connectivity index (χ3n) is 9.66. The molecule has 1 aromatic heterocycles. The molecule has 0 saturated carbocycles. The van der Waals surface area contributed by atoms with Crippen LogP contribution in [0.2, 0.25) is 0 Å². The van der Waals surface area contributed by atoms with Crippen molar-refractivity contribution in [1.82, 2.24) is 4.57 Å². The van der Waals surface area contributed by atoms with E-state index in [0.717, 1.165) is 29.9 Å². The number of nitrogens with zero attached hydrogens (tertiary/aromatic N) is 2. The topological polar surface area (TPSA) is 8.17 Å². The van der Waals surface area contributed by atoms with E-state index in [1.165, 1.54) is 60.9 Å². The normalized spacial score (nSPS) is 12.3. The molecule has 7 aromatic carbocycles. The van der Waals surface area contributed by atoms with Gasteiger partial charge < -0.3 is 9.47 Å². The van der Waals surface area contributed by atoms with E-state index in [-0.39, 0.29) is 0 Å². The maximum atomic E-state index is 2.45. The van der Waals surface area contributed by atoms with E-state index in [1.807, 2.05) is 0 Å². The summed E-state index contributed by atoms with van der Waals surface area (Å²) in [5.41, 5.74) is 13.4. The number of hydrogen-bond donors (Lipinski definition) is 0. The van der Waals surface area contributed by atoms with Crippen LogP contribution < -0.4 is 4.90 Å². The van der Waals surface area contributed by atoms with Gasteiger partial charge in [0.15, 0.2) is 0 Å². The number of aromatic nitrogens is 1. The number of rotatable bonds is 6. The average molecular weight is 615 g/mol. The number of hydrogen-bond acceptors (Lipinski definition) is 1. The minimum Gasteiger partial charge on any atom is -0.313 e. The molecular formula is C46H34N2. The molecule has 0 spiro atoms. The smallest absolute Gasteiger partial charge is 0.0537 e. The van der Waals surface area contributed by atoms with Crippen molar-refractivity contribution in [3.63, 3.8) is 0 Å². The molecular weight excluding hydrogens is 581 g/mol. The summed E-state index contributed by atoms with van der Waals surface area (Å²) in [5.74, 6) is 0. The first-order chi connectivity index (χ1) is 23.8. The maximum Gasteiger partial charge on any atom is 0.0537 e. The van der Waals surface area contributed by atoms with E-state index >= 15 is 0 Å². The second kappa shape index (κ2) is 11.9. The highest BCUT2D eigenvalue weighted by Crippen LogP contribution is 2.39. The first-order valence-electron chi connectivity index (χ1n) is 16.7.